The normalized spacial score (nSPS) is 10.8. The lowest BCUT2D eigenvalue weighted by molar-refractivity contribution is 0.302. The van der Waals surface area contributed by atoms with E-state index in [1.807, 2.05) is 50.0 Å². The SMILES string of the molecule is C[Si](C)(C)C#Cc1c(F)cc(OCc2ccccc2)cc1F. The summed E-state index contributed by atoms with van der Waals surface area (Å²) >= 11 is 0. The first kappa shape index (κ1) is 16.3. The molecule has 0 aromatic heterocycles. The van der Waals surface area contributed by atoms with Crippen LogP contribution in [0.15, 0.2) is 42.5 Å². The summed E-state index contributed by atoms with van der Waals surface area (Å²) < 4.78 is 33.4. The van der Waals surface area contributed by atoms with Gasteiger partial charge in [-0.2, -0.15) is 0 Å². The van der Waals surface area contributed by atoms with Crippen LogP contribution in [0.4, 0.5) is 8.78 Å². The molecule has 0 heterocycles. The van der Waals surface area contributed by atoms with E-state index in [1.54, 1.807) is 0 Å². The lowest BCUT2D eigenvalue weighted by atomic mass is 10.2. The molecule has 0 fully saturated rings. The van der Waals surface area contributed by atoms with Crippen LogP contribution in [-0.4, -0.2) is 8.07 Å². The Bertz CT molecular complexity index is 686. The summed E-state index contributed by atoms with van der Waals surface area (Å²) in [6.07, 6.45) is 0. The van der Waals surface area contributed by atoms with Gasteiger partial charge in [-0.15, -0.1) is 5.54 Å². The molecule has 2 aromatic carbocycles. The zero-order chi connectivity index (χ0) is 16.2. The molecular weight excluding hydrogens is 298 g/mol. The van der Waals surface area contributed by atoms with Gasteiger partial charge in [0.05, 0.1) is 5.56 Å². The molecule has 114 valence electrons. The minimum atomic E-state index is -1.68. The average molecular weight is 316 g/mol. The average Bonchev–Trinajstić information content (AvgIpc) is 2.44. The van der Waals surface area contributed by atoms with Gasteiger partial charge >= 0.3 is 0 Å². The fourth-order valence-corrected chi connectivity index (χ4v) is 2.24. The summed E-state index contributed by atoms with van der Waals surface area (Å²) in [4.78, 5) is 0. The van der Waals surface area contributed by atoms with E-state index in [9.17, 15) is 8.78 Å². The van der Waals surface area contributed by atoms with Gasteiger partial charge in [0.15, 0.2) is 0 Å². The second-order valence-corrected chi connectivity index (χ2v) is 10.8. The number of rotatable bonds is 3. The molecular formula is C18H18F2OSi. The van der Waals surface area contributed by atoms with Crippen LogP contribution in [0.2, 0.25) is 19.6 Å². The Morgan fingerprint density at radius 1 is 1.00 bits per heavy atom. The van der Waals surface area contributed by atoms with Crippen molar-refractivity contribution in [3.63, 3.8) is 0 Å². The molecule has 0 amide bonds. The van der Waals surface area contributed by atoms with Crippen LogP contribution in [0, 0.1) is 23.1 Å². The van der Waals surface area contributed by atoms with Gasteiger partial charge in [-0.3, -0.25) is 0 Å². The first-order valence-corrected chi connectivity index (χ1v) is 10.5. The zero-order valence-corrected chi connectivity index (χ0v) is 13.9. The van der Waals surface area contributed by atoms with Gasteiger partial charge in [0.1, 0.15) is 32.1 Å². The van der Waals surface area contributed by atoms with Crippen LogP contribution in [0.5, 0.6) is 5.75 Å². The lowest BCUT2D eigenvalue weighted by Gasteiger charge is -2.08. The van der Waals surface area contributed by atoms with Crippen molar-refractivity contribution in [2.24, 2.45) is 0 Å². The van der Waals surface area contributed by atoms with Gasteiger partial charge in [-0.25, -0.2) is 8.78 Å². The highest BCUT2D eigenvalue weighted by molar-refractivity contribution is 6.83. The maximum Gasteiger partial charge on any atom is 0.145 e. The maximum atomic E-state index is 14.0. The minimum Gasteiger partial charge on any atom is -0.489 e. The van der Waals surface area contributed by atoms with Gasteiger partial charge in [-0.1, -0.05) is 55.9 Å². The fraction of sp³-hybridized carbons (Fsp3) is 0.222. The Kier molecular flexibility index (Phi) is 4.99. The second kappa shape index (κ2) is 6.76. The van der Waals surface area contributed by atoms with E-state index in [0.29, 0.717) is 0 Å². The van der Waals surface area contributed by atoms with Crippen molar-refractivity contribution in [1.82, 2.24) is 0 Å². The Morgan fingerprint density at radius 3 is 2.14 bits per heavy atom. The van der Waals surface area contributed by atoms with E-state index >= 15 is 0 Å². The molecule has 2 aromatic rings. The van der Waals surface area contributed by atoms with E-state index in [-0.39, 0.29) is 17.9 Å². The molecule has 2 rings (SSSR count). The summed E-state index contributed by atoms with van der Waals surface area (Å²) in [5.74, 6) is 1.42. The molecule has 1 nitrogen and oxygen atoms in total. The van der Waals surface area contributed by atoms with Crippen LogP contribution < -0.4 is 4.74 Å². The number of ether oxygens (including phenoxy) is 1. The highest BCUT2D eigenvalue weighted by Crippen LogP contribution is 2.21. The van der Waals surface area contributed by atoms with Crippen LogP contribution in [0.25, 0.3) is 0 Å². The Hall–Kier alpha value is -2.12. The molecule has 0 aliphatic rings. The lowest BCUT2D eigenvalue weighted by Crippen LogP contribution is -2.16. The van der Waals surface area contributed by atoms with Crippen molar-refractivity contribution in [3.05, 3.63) is 65.2 Å². The van der Waals surface area contributed by atoms with Crippen molar-refractivity contribution in [2.45, 2.75) is 26.2 Å². The summed E-state index contributed by atoms with van der Waals surface area (Å²) in [5.41, 5.74) is 3.72. The third kappa shape index (κ3) is 4.71. The molecule has 0 saturated carbocycles. The van der Waals surface area contributed by atoms with Crippen LogP contribution >= 0.6 is 0 Å². The zero-order valence-electron chi connectivity index (χ0n) is 12.9. The molecule has 0 spiro atoms. The molecule has 0 radical (unpaired) electrons. The fourth-order valence-electron chi connectivity index (χ4n) is 1.74. The van der Waals surface area contributed by atoms with Crippen molar-refractivity contribution >= 4 is 8.07 Å². The smallest absolute Gasteiger partial charge is 0.145 e. The van der Waals surface area contributed by atoms with Crippen LogP contribution in [0.1, 0.15) is 11.1 Å². The van der Waals surface area contributed by atoms with Crippen LogP contribution in [0.3, 0.4) is 0 Å². The molecule has 0 saturated heterocycles. The second-order valence-electron chi connectivity index (χ2n) is 6.04. The quantitative estimate of drug-likeness (QED) is 0.585. The topological polar surface area (TPSA) is 9.23 Å². The molecule has 0 unspecified atom stereocenters. The molecule has 0 atom stereocenters. The van der Waals surface area contributed by atoms with E-state index in [1.165, 1.54) is 12.1 Å². The van der Waals surface area contributed by atoms with Crippen LogP contribution in [-0.2, 0) is 6.61 Å². The molecule has 22 heavy (non-hydrogen) atoms. The van der Waals surface area contributed by atoms with Crippen molar-refractivity contribution < 1.29 is 13.5 Å². The third-order valence-electron chi connectivity index (χ3n) is 2.83. The summed E-state index contributed by atoms with van der Waals surface area (Å²) in [5, 5.41) is 0. The number of halogens is 2. The van der Waals surface area contributed by atoms with Crippen molar-refractivity contribution in [2.75, 3.05) is 0 Å². The van der Waals surface area contributed by atoms with E-state index in [4.69, 9.17) is 4.74 Å². The molecule has 0 aliphatic heterocycles. The van der Waals surface area contributed by atoms with E-state index < -0.39 is 19.7 Å². The highest BCUT2D eigenvalue weighted by atomic mass is 28.3. The van der Waals surface area contributed by atoms with Gasteiger partial charge in [-0.05, 0) is 5.56 Å². The first-order valence-electron chi connectivity index (χ1n) is 7.04. The van der Waals surface area contributed by atoms with Crippen molar-refractivity contribution in [1.29, 1.82) is 0 Å². The summed E-state index contributed by atoms with van der Waals surface area (Å²) in [6.45, 7) is 6.33. The summed E-state index contributed by atoms with van der Waals surface area (Å²) in [7, 11) is -1.68. The van der Waals surface area contributed by atoms with Crippen molar-refractivity contribution in [3.8, 4) is 17.2 Å². The molecule has 0 bridgehead atoms. The molecule has 4 heteroatoms. The Balaban J connectivity index is 2.17. The minimum absolute atomic E-state index is 0.164. The number of hydrogen-bond acceptors (Lipinski definition) is 1. The van der Waals surface area contributed by atoms with Gasteiger partial charge in [0, 0.05) is 12.1 Å². The highest BCUT2D eigenvalue weighted by Gasteiger charge is 2.12. The number of benzene rings is 2. The number of hydrogen-bond donors (Lipinski definition) is 0. The van der Waals surface area contributed by atoms with Gasteiger partial charge < -0.3 is 4.74 Å². The predicted molar refractivity (Wildman–Crippen MR) is 87.4 cm³/mol. The third-order valence-corrected chi connectivity index (χ3v) is 3.70. The van der Waals surface area contributed by atoms with E-state index in [2.05, 4.69) is 11.5 Å². The standard InChI is InChI=1S/C18H18F2OSi/c1-22(2,3)10-9-16-17(19)11-15(12-18(16)20)21-13-14-7-5-4-6-8-14/h4-8,11-12H,13H2,1-3H3. The van der Waals surface area contributed by atoms with Gasteiger partial charge in [0.25, 0.3) is 0 Å². The predicted octanol–water partition coefficient (Wildman–Crippen LogP) is 4.77. The molecule has 0 N–H and O–H groups in total. The maximum absolute atomic E-state index is 14.0. The Morgan fingerprint density at radius 2 is 1.59 bits per heavy atom. The first-order chi connectivity index (χ1) is 10.3. The summed E-state index contributed by atoms with van der Waals surface area (Å²) in [6, 6.07) is 11.8. The largest absolute Gasteiger partial charge is 0.489 e. The molecule has 0 aliphatic carbocycles. The Labute approximate surface area is 131 Å². The monoisotopic (exact) mass is 316 g/mol. The van der Waals surface area contributed by atoms with Gasteiger partial charge in [0.2, 0.25) is 0 Å². The van der Waals surface area contributed by atoms with E-state index in [0.717, 1.165) is 5.56 Å².